The van der Waals surface area contributed by atoms with E-state index >= 15 is 0 Å². The molecule has 0 heterocycles. The quantitative estimate of drug-likeness (QED) is 0.300. The molecule has 0 aliphatic carbocycles. The second kappa shape index (κ2) is 9.42. The number of alkyl halides is 3. The molecule has 0 aliphatic rings. The minimum Gasteiger partial charge on any atom is -0.249 e. The lowest BCUT2D eigenvalue weighted by molar-refractivity contribution is -0.0911. The molecule has 1 nitrogen and oxygen atoms in total. The molecule has 0 aliphatic heterocycles. The summed E-state index contributed by atoms with van der Waals surface area (Å²) in [4.78, 5) is 0. The summed E-state index contributed by atoms with van der Waals surface area (Å²) >= 11 is 0. The molecule has 0 saturated heterocycles. The molecule has 0 atom stereocenters. The van der Waals surface area contributed by atoms with Crippen LogP contribution in [0.4, 0.5) is 13.2 Å². The SMILES string of the molecule is FC(F)(F)/C(=C/c1ccccc1)N=P(c1ccccc1)(c1ccccc1)c1ccccc1. The van der Waals surface area contributed by atoms with E-state index in [4.69, 9.17) is 0 Å². The van der Waals surface area contributed by atoms with Crippen LogP contribution < -0.4 is 15.9 Å². The van der Waals surface area contributed by atoms with E-state index in [9.17, 15) is 13.2 Å². The summed E-state index contributed by atoms with van der Waals surface area (Å²) in [6, 6.07) is 36.4. The monoisotopic (exact) mass is 447 g/mol. The predicted molar refractivity (Wildman–Crippen MR) is 128 cm³/mol. The third-order valence-electron chi connectivity index (χ3n) is 5.04. The van der Waals surface area contributed by atoms with Gasteiger partial charge in [0.1, 0.15) is 5.70 Å². The van der Waals surface area contributed by atoms with Crippen LogP contribution in [-0.4, -0.2) is 6.18 Å². The molecule has 0 fully saturated rings. The van der Waals surface area contributed by atoms with Crippen LogP contribution in [0.15, 0.2) is 132 Å². The Morgan fingerprint density at radius 3 is 1.25 bits per heavy atom. The van der Waals surface area contributed by atoms with Gasteiger partial charge in [-0.05, 0) is 11.6 Å². The molecule has 0 amide bonds. The zero-order valence-corrected chi connectivity index (χ0v) is 18.0. The van der Waals surface area contributed by atoms with E-state index in [0.717, 1.165) is 22.0 Å². The van der Waals surface area contributed by atoms with Gasteiger partial charge in [0.05, 0.1) is 7.05 Å². The van der Waals surface area contributed by atoms with Gasteiger partial charge in [-0.3, -0.25) is 0 Å². The Bertz CT molecular complexity index is 1130. The Kier molecular flexibility index (Phi) is 6.43. The minimum atomic E-state index is -4.61. The van der Waals surface area contributed by atoms with Crippen molar-refractivity contribution in [3.05, 3.63) is 133 Å². The van der Waals surface area contributed by atoms with E-state index in [2.05, 4.69) is 4.74 Å². The third-order valence-corrected chi connectivity index (χ3v) is 8.69. The van der Waals surface area contributed by atoms with Crippen LogP contribution in [0.2, 0.25) is 0 Å². The summed E-state index contributed by atoms with van der Waals surface area (Å²) in [5.74, 6) is 0. The molecule has 0 spiro atoms. The second-order valence-electron chi connectivity index (χ2n) is 7.18. The lowest BCUT2D eigenvalue weighted by atomic mass is 10.2. The van der Waals surface area contributed by atoms with Gasteiger partial charge in [-0.15, -0.1) is 0 Å². The molecule has 0 radical (unpaired) electrons. The maximum absolute atomic E-state index is 14.3. The van der Waals surface area contributed by atoms with Crippen molar-refractivity contribution < 1.29 is 13.2 Å². The van der Waals surface area contributed by atoms with Gasteiger partial charge < -0.3 is 0 Å². The lowest BCUT2D eigenvalue weighted by Gasteiger charge is -2.28. The fraction of sp³-hybridized carbons (Fsp3) is 0.0370. The highest BCUT2D eigenvalue weighted by molar-refractivity contribution is 7.87. The number of rotatable bonds is 5. The molecule has 4 rings (SSSR count). The second-order valence-corrected chi connectivity index (χ2v) is 10.2. The largest absolute Gasteiger partial charge is 0.433 e. The van der Waals surface area contributed by atoms with Gasteiger partial charge in [-0.25, -0.2) is 4.74 Å². The zero-order valence-electron chi connectivity index (χ0n) is 17.2. The van der Waals surface area contributed by atoms with E-state index in [1.165, 1.54) is 0 Å². The first-order valence-electron chi connectivity index (χ1n) is 10.1. The van der Waals surface area contributed by atoms with Crippen molar-refractivity contribution in [1.29, 1.82) is 0 Å². The molecule has 4 aromatic carbocycles. The Balaban J connectivity index is 2.13. The van der Waals surface area contributed by atoms with Crippen LogP contribution in [0, 0.1) is 0 Å². The van der Waals surface area contributed by atoms with E-state index in [1.54, 1.807) is 30.3 Å². The summed E-state index contributed by atoms with van der Waals surface area (Å²) in [5, 5.41) is 2.29. The van der Waals surface area contributed by atoms with Gasteiger partial charge in [0.15, 0.2) is 0 Å². The highest BCUT2D eigenvalue weighted by atomic mass is 31.2. The van der Waals surface area contributed by atoms with Crippen LogP contribution in [0.1, 0.15) is 5.56 Å². The molecule has 0 unspecified atom stereocenters. The molecule has 5 heteroatoms. The summed E-state index contributed by atoms with van der Waals surface area (Å²) in [6.45, 7) is 0. The van der Waals surface area contributed by atoms with E-state index < -0.39 is 18.9 Å². The normalized spacial score (nSPS) is 12.4. The van der Waals surface area contributed by atoms with Crippen molar-refractivity contribution in [1.82, 2.24) is 0 Å². The van der Waals surface area contributed by atoms with E-state index in [1.807, 2.05) is 91.0 Å². The number of halogens is 3. The Morgan fingerprint density at radius 1 is 0.562 bits per heavy atom. The summed E-state index contributed by atoms with van der Waals surface area (Å²) in [7, 11) is -3.01. The maximum Gasteiger partial charge on any atom is 0.433 e. The van der Waals surface area contributed by atoms with Gasteiger partial charge in [0.25, 0.3) is 0 Å². The van der Waals surface area contributed by atoms with Crippen molar-refractivity contribution in [3.63, 3.8) is 0 Å². The topological polar surface area (TPSA) is 12.4 Å². The molecule has 0 saturated carbocycles. The Hall–Kier alpha value is -3.36. The average molecular weight is 447 g/mol. The lowest BCUT2D eigenvalue weighted by Crippen LogP contribution is -2.26. The molecular weight excluding hydrogens is 426 g/mol. The van der Waals surface area contributed by atoms with Gasteiger partial charge in [0.2, 0.25) is 0 Å². The average Bonchev–Trinajstić information content (AvgIpc) is 2.83. The molecule has 32 heavy (non-hydrogen) atoms. The first-order chi connectivity index (χ1) is 15.5. The van der Waals surface area contributed by atoms with Gasteiger partial charge in [0, 0.05) is 15.9 Å². The van der Waals surface area contributed by atoms with Crippen molar-refractivity contribution in [2.75, 3.05) is 0 Å². The minimum absolute atomic E-state index is 0.455. The van der Waals surface area contributed by atoms with Crippen LogP contribution in [-0.2, 0) is 0 Å². The van der Waals surface area contributed by atoms with Crippen molar-refractivity contribution >= 4 is 29.0 Å². The number of nitrogens with zero attached hydrogens (tertiary/aromatic N) is 1. The van der Waals surface area contributed by atoms with Crippen LogP contribution >= 0.6 is 7.05 Å². The van der Waals surface area contributed by atoms with Crippen LogP contribution in [0.3, 0.4) is 0 Å². The highest BCUT2D eigenvalue weighted by Crippen LogP contribution is 2.50. The zero-order chi connectivity index (χ0) is 22.4. The molecule has 0 aromatic heterocycles. The fourth-order valence-corrected chi connectivity index (χ4v) is 7.13. The van der Waals surface area contributed by atoms with Crippen LogP contribution in [0.25, 0.3) is 6.08 Å². The Labute approximate surface area is 185 Å². The maximum atomic E-state index is 14.3. The molecule has 0 N–H and O–H groups in total. The third kappa shape index (κ3) is 4.61. The summed E-state index contributed by atoms with van der Waals surface area (Å²) in [5.41, 5.74) is -0.440. The van der Waals surface area contributed by atoms with Crippen molar-refractivity contribution in [2.45, 2.75) is 6.18 Å². The fourth-order valence-electron chi connectivity index (χ4n) is 3.59. The smallest absolute Gasteiger partial charge is 0.249 e. The van der Waals surface area contributed by atoms with E-state index in [0.29, 0.717) is 5.56 Å². The van der Waals surface area contributed by atoms with Gasteiger partial charge in [-0.2, -0.15) is 13.2 Å². The van der Waals surface area contributed by atoms with Gasteiger partial charge in [-0.1, -0.05) is 121 Å². The number of hydrogen-bond donors (Lipinski definition) is 0. The summed E-state index contributed by atoms with van der Waals surface area (Å²) in [6.07, 6.45) is -3.48. The number of hydrogen-bond acceptors (Lipinski definition) is 1. The molecule has 0 bridgehead atoms. The molecule has 4 aromatic rings. The Morgan fingerprint density at radius 2 is 0.906 bits per heavy atom. The molecule has 160 valence electrons. The predicted octanol–water partition coefficient (Wildman–Crippen LogP) is 6.77. The van der Waals surface area contributed by atoms with E-state index in [-0.39, 0.29) is 0 Å². The standard InChI is InChI=1S/C27H21F3NP/c28-27(29,30)26(21-22-13-5-1-6-14-22)31-32(23-15-7-2-8-16-23,24-17-9-3-10-18-24)25-19-11-4-12-20-25/h1-21H/b26-21-. The van der Waals surface area contributed by atoms with Crippen molar-refractivity contribution in [3.8, 4) is 0 Å². The first kappa shape index (κ1) is 21.9. The van der Waals surface area contributed by atoms with Gasteiger partial charge >= 0.3 is 6.18 Å². The van der Waals surface area contributed by atoms with Crippen LogP contribution in [0.5, 0.6) is 0 Å². The molecular formula is C27H21F3NP. The first-order valence-corrected chi connectivity index (χ1v) is 11.9. The van der Waals surface area contributed by atoms with Crippen molar-refractivity contribution in [2.24, 2.45) is 4.74 Å². The highest BCUT2D eigenvalue weighted by Gasteiger charge is 2.37. The number of benzene rings is 4. The summed E-state index contributed by atoms with van der Waals surface area (Å²) < 4.78 is 47.6. The number of allylic oxidation sites excluding steroid dienone is 1.